The first kappa shape index (κ1) is 51.3. The molecule has 0 heterocycles. The summed E-state index contributed by atoms with van der Waals surface area (Å²) in [6.45, 7) is 9.48. The highest BCUT2D eigenvalue weighted by Crippen LogP contribution is 2.16. The van der Waals surface area contributed by atoms with Gasteiger partial charge in [0.05, 0.1) is 41.3 Å². The molecule has 2 aromatic carbocycles. The first-order valence-corrected chi connectivity index (χ1v) is 22.0. The van der Waals surface area contributed by atoms with Crippen LogP contribution in [0.4, 0.5) is 0 Å². The molecule has 0 fully saturated rings. The van der Waals surface area contributed by atoms with E-state index in [4.69, 9.17) is 0 Å². The summed E-state index contributed by atoms with van der Waals surface area (Å²) >= 11 is 0. The molecule has 0 radical (unpaired) electrons. The van der Waals surface area contributed by atoms with E-state index in [1.54, 1.807) is 0 Å². The van der Waals surface area contributed by atoms with Gasteiger partial charge in [-0.05, 0) is 51.4 Å². The number of carboxylic acid groups (broad SMARTS) is 2. The Morgan fingerprint density at radius 1 is 0.407 bits per heavy atom. The molecule has 310 valence electrons. The Balaban J connectivity index is 0.000000837. The Labute approximate surface area is 333 Å². The normalized spacial score (nSPS) is 11.3. The number of rotatable bonds is 31. The Kier molecular flexibility index (Phi) is 33.0. The average molecular weight is 753 g/mol. The zero-order valence-electron chi connectivity index (χ0n) is 36.1. The van der Waals surface area contributed by atoms with Gasteiger partial charge in [-0.15, -0.1) is 0 Å². The van der Waals surface area contributed by atoms with E-state index < -0.39 is 11.9 Å². The predicted octanol–water partition coefficient (Wildman–Crippen LogP) is 10.4. The summed E-state index contributed by atoms with van der Waals surface area (Å²) in [4.78, 5) is 19.5. The third kappa shape index (κ3) is 36.3. The summed E-state index contributed by atoms with van der Waals surface area (Å²) in [5.74, 6) is -2.28. The van der Waals surface area contributed by atoms with Crippen LogP contribution in [0.1, 0.15) is 179 Å². The van der Waals surface area contributed by atoms with Gasteiger partial charge in [-0.25, -0.2) is 0 Å². The van der Waals surface area contributed by atoms with Crippen molar-refractivity contribution in [1.82, 2.24) is 0 Å². The maximum Gasteiger partial charge on any atom is 0.104 e. The van der Waals surface area contributed by atoms with Gasteiger partial charge in [0.15, 0.2) is 0 Å². The molecule has 0 bridgehead atoms. The van der Waals surface area contributed by atoms with Crippen LogP contribution in [0.25, 0.3) is 0 Å². The lowest BCUT2D eigenvalue weighted by Gasteiger charge is -2.30. The molecule has 0 saturated carbocycles. The summed E-state index contributed by atoms with van der Waals surface area (Å²) in [7, 11) is 9.45. The fourth-order valence-electron chi connectivity index (χ4n) is 6.91. The Morgan fingerprint density at radius 3 is 0.926 bits per heavy atom. The van der Waals surface area contributed by atoms with Crippen LogP contribution in [0.15, 0.2) is 60.7 Å². The fourth-order valence-corrected chi connectivity index (χ4v) is 6.91. The Bertz CT molecular complexity index is 1030. The Morgan fingerprint density at radius 2 is 0.667 bits per heavy atom. The molecule has 0 N–H and O–H groups in total. The van der Waals surface area contributed by atoms with E-state index in [2.05, 4.69) is 103 Å². The minimum atomic E-state index is -1.14. The molecular weight excluding hydrogens is 669 g/mol. The molecular formula is C48H84N2O4. The molecule has 6 nitrogen and oxygen atoms in total. The molecule has 2 aromatic rings. The molecule has 6 heteroatoms. The monoisotopic (exact) mass is 753 g/mol. The highest BCUT2D eigenvalue weighted by Gasteiger charge is 2.16. The summed E-state index contributed by atoms with van der Waals surface area (Å²) in [6.07, 6.45) is 29.0. The van der Waals surface area contributed by atoms with Crippen molar-refractivity contribution in [2.45, 2.75) is 181 Å². The number of carbonyl (C=O) groups excluding carboxylic acids is 2. The third-order valence-corrected chi connectivity index (χ3v) is 10.2. The lowest BCUT2D eigenvalue weighted by atomic mass is 10.1. The van der Waals surface area contributed by atoms with Gasteiger partial charge in [0, 0.05) is 23.1 Å². The highest BCUT2D eigenvalue weighted by molar-refractivity contribution is 5.65. The summed E-state index contributed by atoms with van der Waals surface area (Å²) in [6, 6.07) is 21.8. The fraction of sp³-hybridized carbons (Fsp3) is 0.708. The molecule has 0 aliphatic rings. The minimum Gasteiger partial charge on any atom is -0.550 e. The molecule has 54 heavy (non-hydrogen) atoms. The predicted molar refractivity (Wildman–Crippen MR) is 226 cm³/mol. The van der Waals surface area contributed by atoms with Gasteiger partial charge in [0.25, 0.3) is 0 Å². The lowest BCUT2D eigenvalue weighted by molar-refractivity contribution is -0.903. The number of carbonyl (C=O) groups is 2. The van der Waals surface area contributed by atoms with Crippen molar-refractivity contribution in [1.29, 1.82) is 0 Å². The SMILES string of the molecule is CCCCCCCCCCCC[N+](C)(C)Cc1ccccc1.CCCCCCCCCCCC[N+](C)(C)Cc1ccccc1.O=C([O-])CCCCC(=O)[O-]. The molecule has 0 aliphatic heterocycles. The van der Waals surface area contributed by atoms with Gasteiger partial charge in [0.1, 0.15) is 13.1 Å². The van der Waals surface area contributed by atoms with Gasteiger partial charge in [-0.2, -0.15) is 0 Å². The van der Waals surface area contributed by atoms with Crippen molar-refractivity contribution in [3.05, 3.63) is 71.8 Å². The van der Waals surface area contributed by atoms with Crippen molar-refractivity contribution in [2.75, 3.05) is 41.3 Å². The quantitative estimate of drug-likeness (QED) is 0.0567. The van der Waals surface area contributed by atoms with Crippen LogP contribution >= 0.6 is 0 Å². The molecule has 2 rings (SSSR count). The number of benzene rings is 2. The molecule has 0 atom stereocenters. The third-order valence-electron chi connectivity index (χ3n) is 10.2. The highest BCUT2D eigenvalue weighted by atomic mass is 16.4. The maximum absolute atomic E-state index is 9.77. The second-order valence-electron chi connectivity index (χ2n) is 16.9. The van der Waals surface area contributed by atoms with Crippen molar-refractivity contribution in [3.8, 4) is 0 Å². The van der Waals surface area contributed by atoms with Gasteiger partial charge < -0.3 is 28.8 Å². The zero-order chi connectivity index (χ0) is 40.2. The van der Waals surface area contributed by atoms with Crippen molar-refractivity contribution < 1.29 is 28.8 Å². The van der Waals surface area contributed by atoms with Gasteiger partial charge in [-0.1, -0.05) is 177 Å². The molecule has 0 aliphatic carbocycles. The summed E-state index contributed by atoms with van der Waals surface area (Å²) in [5, 5.41) is 19.5. The Hall–Kier alpha value is -2.70. The smallest absolute Gasteiger partial charge is 0.104 e. The van der Waals surface area contributed by atoms with Crippen LogP contribution in [-0.2, 0) is 22.7 Å². The van der Waals surface area contributed by atoms with E-state index in [0.29, 0.717) is 12.8 Å². The number of unbranched alkanes of at least 4 members (excludes halogenated alkanes) is 19. The minimum absolute atomic E-state index is 0.0761. The van der Waals surface area contributed by atoms with E-state index in [-0.39, 0.29) is 12.8 Å². The number of hydrogen-bond acceptors (Lipinski definition) is 4. The number of carboxylic acids is 2. The van der Waals surface area contributed by atoms with E-state index in [9.17, 15) is 19.8 Å². The number of nitrogens with zero attached hydrogens (tertiary/aromatic N) is 2. The van der Waals surface area contributed by atoms with E-state index in [1.807, 2.05) is 0 Å². The topological polar surface area (TPSA) is 80.3 Å². The van der Waals surface area contributed by atoms with Crippen molar-refractivity contribution in [3.63, 3.8) is 0 Å². The van der Waals surface area contributed by atoms with Crippen molar-refractivity contribution >= 4 is 11.9 Å². The average Bonchev–Trinajstić information content (AvgIpc) is 3.12. The second-order valence-corrected chi connectivity index (χ2v) is 16.9. The lowest BCUT2D eigenvalue weighted by Crippen LogP contribution is -2.39. The van der Waals surface area contributed by atoms with Crippen LogP contribution < -0.4 is 10.2 Å². The first-order valence-electron chi connectivity index (χ1n) is 22.0. The molecule has 0 spiro atoms. The zero-order valence-corrected chi connectivity index (χ0v) is 36.1. The van der Waals surface area contributed by atoms with Gasteiger partial charge >= 0.3 is 0 Å². The van der Waals surface area contributed by atoms with E-state index >= 15 is 0 Å². The van der Waals surface area contributed by atoms with Gasteiger partial charge in [-0.3, -0.25) is 0 Å². The van der Waals surface area contributed by atoms with Crippen LogP contribution in [0.2, 0.25) is 0 Å². The van der Waals surface area contributed by atoms with E-state index in [0.717, 1.165) is 22.1 Å². The standard InChI is InChI=1S/2C21H38N.C6H10O4/c2*1-4-5-6-7-8-9-10-11-12-16-19-22(2,3)20-21-17-14-13-15-18-21;7-5(8)3-1-2-4-6(9)10/h2*13-15,17-18H,4-12,16,19-20H2,1-3H3;1-4H2,(H,7,8)(H,9,10)/q2*+1;/p-2. The van der Waals surface area contributed by atoms with Crippen LogP contribution in [0.3, 0.4) is 0 Å². The largest absolute Gasteiger partial charge is 0.550 e. The number of quaternary nitrogens is 2. The second kappa shape index (κ2) is 34.8. The van der Waals surface area contributed by atoms with Gasteiger partial charge in [0.2, 0.25) is 0 Å². The molecule has 0 amide bonds. The number of hydrogen-bond donors (Lipinski definition) is 0. The number of aliphatic carboxylic acids is 2. The van der Waals surface area contributed by atoms with Crippen LogP contribution in [0, 0.1) is 0 Å². The maximum atomic E-state index is 9.77. The molecule has 0 aromatic heterocycles. The van der Waals surface area contributed by atoms with Crippen LogP contribution in [-0.4, -0.2) is 62.2 Å². The van der Waals surface area contributed by atoms with Crippen molar-refractivity contribution in [2.24, 2.45) is 0 Å². The first-order chi connectivity index (χ1) is 25.9. The molecule has 0 saturated heterocycles. The van der Waals surface area contributed by atoms with E-state index in [1.165, 1.54) is 153 Å². The summed E-state index contributed by atoms with van der Waals surface area (Å²) < 4.78 is 2.22. The summed E-state index contributed by atoms with van der Waals surface area (Å²) in [5.41, 5.74) is 2.92. The molecule has 0 unspecified atom stereocenters. The van der Waals surface area contributed by atoms with Crippen LogP contribution in [0.5, 0.6) is 0 Å².